The molecule has 0 spiro atoms. The highest BCUT2D eigenvalue weighted by atomic mass is 16.6. The predicted molar refractivity (Wildman–Crippen MR) is 182 cm³/mol. The van der Waals surface area contributed by atoms with Gasteiger partial charge in [-0.25, -0.2) is 9.59 Å². The molecule has 6 heterocycles. The van der Waals surface area contributed by atoms with E-state index >= 15 is 0 Å². The van der Waals surface area contributed by atoms with Crippen molar-refractivity contribution in [2.45, 2.75) is 43.7 Å². The highest BCUT2D eigenvalue weighted by Crippen LogP contribution is 2.60. The molecule has 12 nitrogen and oxygen atoms in total. The molecule has 4 aliphatic rings. The van der Waals surface area contributed by atoms with Crippen molar-refractivity contribution in [3.05, 3.63) is 131 Å². The van der Waals surface area contributed by atoms with E-state index in [1.165, 1.54) is 9.13 Å². The zero-order valence-corrected chi connectivity index (χ0v) is 27.8. The lowest BCUT2D eigenvalue weighted by Gasteiger charge is -2.23. The van der Waals surface area contributed by atoms with Crippen LogP contribution in [0.3, 0.4) is 0 Å². The Kier molecular flexibility index (Phi) is 7.12. The summed E-state index contributed by atoms with van der Waals surface area (Å²) in [6.45, 7) is 9.92. The van der Waals surface area contributed by atoms with Gasteiger partial charge < -0.3 is 39.4 Å². The van der Waals surface area contributed by atoms with Crippen LogP contribution in [-0.2, 0) is 46.2 Å². The molecule has 4 aliphatic heterocycles. The van der Waals surface area contributed by atoms with Gasteiger partial charge in [-0.3, -0.25) is 9.13 Å². The molecule has 12 heteroatoms. The van der Waals surface area contributed by atoms with Crippen molar-refractivity contribution in [2.75, 3.05) is 13.2 Å². The zero-order chi connectivity index (χ0) is 36.0. The Hall–Kier alpha value is -5.98. The lowest BCUT2D eigenvalue weighted by Crippen LogP contribution is -2.29. The van der Waals surface area contributed by atoms with Crippen LogP contribution < -0.4 is 0 Å². The first kappa shape index (κ1) is 32.2. The minimum absolute atomic E-state index is 0.162. The maximum Gasteiger partial charge on any atom is 0.333 e. The smallest absolute Gasteiger partial charge is 0.333 e. The Labute approximate surface area is 292 Å². The van der Waals surface area contributed by atoms with Crippen LogP contribution in [0.15, 0.2) is 97.1 Å². The third kappa shape index (κ3) is 4.74. The molecule has 0 saturated carbocycles. The molecule has 0 aliphatic carbocycles. The second-order valence-electron chi connectivity index (χ2n) is 13.3. The van der Waals surface area contributed by atoms with Crippen LogP contribution in [0.5, 0.6) is 23.5 Å². The second kappa shape index (κ2) is 11.3. The minimum atomic E-state index is -1.22. The molecule has 51 heavy (non-hydrogen) atoms. The van der Waals surface area contributed by atoms with Gasteiger partial charge in [-0.15, -0.1) is 0 Å². The summed E-state index contributed by atoms with van der Waals surface area (Å²) in [4.78, 5) is 24.2. The highest BCUT2D eigenvalue weighted by molar-refractivity contribution is 5.87. The van der Waals surface area contributed by atoms with Gasteiger partial charge in [0.2, 0.25) is 23.5 Å². The number of aromatic hydroxyl groups is 4. The van der Waals surface area contributed by atoms with E-state index in [9.17, 15) is 30.0 Å². The first-order valence-electron chi connectivity index (χ1n) is 16.3. The molecule has 0 radical (unpaired) electrons. The van der Waals surface area contributed by atoms with Gasteiger partial charge in [-0.1, -0.05) is 49.6 Å². The SMILES string of the molecule is C=C(C)C(=O)OCC12C=CC(O1)c1c2c(O)n(-c2ccc(Cc3ccc(-n4c(O)c5c(c4O)C4(COC(=O)C(=C)C)C=CC5O4)cc3)cc2)c1O. The molecular formula is C39H34N2O10. The van der Waals surface area contributed by atoms with E-state index in [1.807, 2.05) is 24.3 Å². The van der Waals surface area contributed by atoms with Crippen LogP contribution in [-0.4, -0.2) is 54.7 Å². The lowest BCUT2D eigenvalue weighted by atomic mass is 9.90. The number of hydrogen-bond donors (Lipinski definition) is 4. The lowest BCUT2D eigenvalue weighted by molar-refractivity contribution is -0.147. The van der Waals surface area contributed by atoms with Crippen molar-refractivity contribution in [1.82, 2.24) is 9.13 Å². The summed E-state index contributed by atoms with van der Waals surface area (Å²) < 4.78 is 25.5. The predicted octanol–water partition coefficient (Wildman–Crippen LogP) is 5.59. The van der Waals surface area contributed by atoms with E-state index in [0.29, 0.717) is 40.0 Å². The molecule has 8 rings (SSSR count). The van der Waals surface area contributed by atoms with E-state index in [-0.39, 0.29) is 47.9 Å². The number of aromatic nitrogens is 2. The summed E-state index contributed by atoms with van der Waals surface area (Å²) in [6.07, 6.45) is 6.34. The highest BCUT2D eigenvalue weighted by Gasteiger charge is 2.55. The van der Waals surface area contributed by atoms with Crippen LogP contribution in [0.4, 0.5) is 0 Å². The van der Waals surface area contributed by atoms with Gasteiger partial charge >= 0.3 is 11.9 Å². The molecule has 4 aromatic rings. The normalized spacial score (nSPS) is 23.0. The standard InChI is InChI=1S/C39H34N2O10/c1-20(2)36(46)48-18-38-15-13-26(50-38)28-30(38)34(44)40(32(28)42)24-9-5-22(6-10-24)17-23-7-11-25(12-8-23)41-33(43)29-27-14-16-39(51-27,31(29)35(41)45)19-49-37(47)21(3)4/h5-16,26-27,42-45H,1,3,17-19H2,2,4H3. The van der Waals surface area contributed by atoms with Crippen molar-refractivity contribution in [3.8, 4) is 34.9 Å². The number of benzene rings is 2. The Morgan fingerprint density at radius 1 is 0.667 bits per heavy atom. The fourth-order valence-electron chi connectivity index (χ4n) is 7.34. The Bertz CT molecular complexity index is 2080. The van der Waals surface area contributed by atoms with Crippen molar-refractivity contribution in [2.24, 2.45) is 0 Å². The number of nitrogens with zero attached hydrogens (tertiary/aromatic N) is 2. The number of carbonyl (C=O) groups is 2. The number of hydrogen-bond acceptors (Lipinski definition) is 10. The van der Waals surface area contributed by atoms with Crippen molar-refractivity contribution >= 4 is 11.9 Å². The Morgan fingerprint density at radius 2 is 1.04 bits per heavy atom. The molecule has 2 aromatic carbocycles. The van der Waals surface area contributed by atoms with E-state index in [1.54, 1.807) is 62.4 Å². The molecule has 4 unspecified atom stereocenters. The molecule has 0 saturated heterocycles. The van der Waals surface area contributed by atoms with Crippen molar-refractivity contribution in [1.29, 1.82) is 0 Å². The Morgan fingerprint density at radius 3 is 1.39 bits per heavy atom. The number of ether oxygens (including phenoxy) is 4. The second-order valence-corrected chi connectivity index (χ2v) is 13.3. The molecule has 4 N–H and O–H groups in total. The average Bonchev–Trinajstić information content (AvgIpc) is 3.95. The van der Waals surface area contributed by atoms with Crippen LogP contribution >= 0.6 is 0 Å². The Balaban J connectivity index is 1.00. The van der Waals surface area contributed by atoms with Gasteiger partial charge in [-0.2, -0.15) is 0 Å². The molecule has 260 valence electrons. The third-order valence-electron chi connectivity index (χ3n) is 9.81. The molecule has 4 bridgehead atoms. The van der Waals surface area contributed by atoms with Crippen LogP contribution in [0.1, 0.15) is 59.4 Å². The van der Waals surface area contributed by atoms with E-state index < -0.39 is 35.3 Å². The topological polar surface area (TPSA) is 162 Å². The van der Waals surface area contributed by atoms with E-state index in [4.69, 9.17) is 18.9 Å². The number of fused-ring (bicyclic) bond motifs is 10. The molecule has 0 amide bonds. The quantitative estimate of drug-likeness (QED) is 0.0938. The van der Waals surface area contributed by atoms with Crippen LogP contribution in [0.25, 0.3) is 11.4 Å². The number of carbonyl (C=O) groups excluding carboxylic acids is 2. The van der Waals surface area contributed by atoms with Crippen molar-refractivity contribution < 1.29 is 49.0 Å². The van der Waals surface area contributed by atoms with Gasteiger partial charge in [0.15, 0.2) is 11.2 Å². The summed E-state index contributed by atoms with van der Waals surface area (Å²) in [5, 5.41) is 45.0. The maximum absolute atomic E-state index is 12.1. The summed E-state index contributed by atoms with van der Waals surface area (Å²) in [7, 11) is 0. The van der Waals surface area contributed by atoms with E-state index in [0.717, 1.165) is 11.1 Å². The zero-order valence-electron chi connectivity index (χ0n) is 27.8. The first-order valence-corrected chi connectivity index (χ1v) is 16.3. The summed E-state index contributed by atoms with van der Waals surface area (Å²) in [5.74, 6) is -1.90. The van der Waals surface area contributed by atoms with Gasteiger partial charge in [0.1, 0.15) is 25.4 Å². The van der Waals surface area contributed by atoms with Gasteiger partial charge in [-0.05, 0) is 67.8 Å². The van der Waals surface area contributed by atoms with Crippen LogP contribution in [0, 0.1) is 0 Å². The number of esters is 2. The number of rotatable bonds is 10. The third-order valence-corrected chi connectivity index (χ3v) is 9.81. The molecule has 2 aromatic heterocycles. The maximum atomic E-state index is 12.1. The van der Waals surface area contributed by atoms with Crippen LogP contribution in [0.2, 0.25) is 0 Å². The molecule has 0 fully saturated rings. The van der Waals surface area contributed by atoms with Gasteiger partial charge in [0.25, 0.3) is 0 Å². The van der Waals surface area contributed by atoms with E-state index in [2.05, 4.69) is 13.2 Å². The monoisotopic (exact) mass is 690 g/mol. The first-order chi connectivity index (χ1) is 24.3. The average molecular weight is 691 g/mol. The summed E-state index contributed by atoms with van der Waals surface area (Å²) in [5.41, 5.74) is 2.56. The summed E-state index contributed by atoms with van der Waals surface area (Å²) >= 11 is 0. The molecule has 4 atom stereocenters. The fourth-order valence-corrected chi connectivity index (χ4v) is 7.34. The largest absolute Gasteiger partial charge is 0.494 e. The minimum Gasteiger partial charge on any atom is -0.494 e. The van der Waals surface area contributed by atoms with Crippen molar-refractivity contribution in [3.63, 3.8) is 0 Å². The molecular weight excluding hydrogens is 656 g/mol. The summed E-state index contributed by atoms with van der Waals surface area (Å²) in [6, 6.07) is 14.7. The van der Waals surface area contributed by atoms with Gasteiger partial charge in [0.05, 0.1) is 33.6 Å². The fraction of sp³-hybridized carbons (Fsp3) is 0.231. The van der Waals surface area contributed by atoms with Gasteiger partial charge in [0, 0.05) is 11.1 Å².